The summed E-state index contributed by atoms with van der Waals surface area (Å²) in [5, 5.41) is 9.10. The van der Waals surface area contributed by atoms with Gasteiger partial charge in [-0.3, -0.25) is 0 Å². The zero-order valence-electron chi connectivity index (χ0n) is 6.91. The van der Waals surface area contributed by atoms with Gasteiger partial charge >= 0.3 is 7.12 Å². The molecule has 1 aromatic rings. The molecule has 0 fully saturated rings. The highest BCUT2D eigenvalue weighted by Crippen LogP contribution is 1.95. The maximum Gasteiger partial charge on any atom is 0.495 e. The van der Waals surface area contributed by atoms with Crippen molar-refractivity contribution < 1.29 is 14.1 Å². The Balaban J connectivity index is 3.01. The minimum absolute atomic E-state index is 0.0584. The van der Waals surface area contributed by atoms with Crippen LogP contribution in [0, 0.1) is 12.9 Å². The molecule has 5 heteroatoms. The van der Waals surface area contributed by atoms with E-state index in [1.54, 1.807) is 13.0 Å². The van der Waals surface area contributed by atoms with Crippen LogP contribution in [0.3, 0.4) is 0 Å². The summed E-state index contributed by atoms with van der Waals surface area (Å²) < 4.78 is 17.5. The van der Waals surface area contributed by atoms with E-state index in [-0.39, 0.29) is 5.46 Å². The molecule has 0 bridgehead atoms. The number of hydrogen-bond donors (Lipinski definition) is 1. The Morgan fingerprint density at radius 3 is 2.75 bits per heavy atom. The first kappa shape index (κ1) is 9.16. The molecule has 1 aromatic heterocycles. The Labute approximate surface area is 70.3 Å². The molecule has 0 aliphatic rings. The van der Waals surface area contributed by atoms with Gasteiger partial charge in [-0.1, -0.05) is 6.07 Å². The van der Waals surface area contributed by atoms with Crippen molar-refractivity contribution in [2.75, 3.05) is 7.11 Å². The summed E-state index contributed by atoms with van der Waals surface area (Å²) in [6, 6.07) is 3.06. The van der Waals surface area contributed by atoms with E-state index in [0.29, 0.717) is 5.69 Å². The fourth-order valence-electron chi connectivity index (χ4n) is 0.847. The molecular weight excluding hydrogens is 160 g/mol. The van der Waals surface area contributed by atoms with E-state index in [1.807, 2.05) is 0 Å². The van der Waals surface area contributed by atoms with Crippen molar-refractivity contribution in [2.24, 2.45) is 0 Å². The van der Waals surface area contributed by atoms with Crippen LogP contribution in [-0.4, -0.2) is 24.2 Å². The Bertz CT molecular complexity index is 282. The molecule has 0 saturated heterocycles. The first-order chi connectivity index (χ1) is 5.65. The highest BCUT2D eigenvalue weighted by Gasteiger charge is 2.19. The van der Waals surface area contributed by atoms with Crippen LogP contribution in [0.4, 0.5) is 4.39 Å². The molecule has 0 atom stereocenters. The first-order valence-corrected chi connectivity index (χ1v) is 3.49. The number of aromatic nitrogens is 1. The zero-order valence-corrected chi connectivity index (χ0v) is 6.91. The van der Waals surface area contributed by atoms with E-state index in [1.165, 1.54) is 13.2 Å². The molecular formula is C7H9BFNO2. The topological polar surface area (TPSA) is 42.4 Å². The van der Waals surface area contributed by atoms with Crippen molar-refractivity contribution >= 4 is 12.6 Å². The molecule has 1 N–H and O–H groups in total. The van der Waals surface area contributed by atoms with Gasteiger partial charge < -0.3 is 9.68 Å². The Morgan fingerprint density at radius 1 is 1.58 bits per heavy atom. The SMILES string of the molecule is COB(O)c1ccc(C)nc1F. The third-order valence-electron chi connectivity index (χ3n) is 1.51. The third-order valence-corrected chi connectivity index (χ3v) is 1.51. The maximum atomic E-state index is 12.9. The second-order valence-electron chi connectivity index (χ2n) is 2.42. The molecule has 0 aliphatic heterocycles. The molecule has 1 rings (SSSR count). The van der Waals surface area contributed by atoms with Crippen LogP contribution in [0.25, 0.3) is 0 Å². The van der Waals surface area contributed by atoms with E-state index in [2.05, 4.69) is 9.64 Å². The Hall–Kier alpha value is -0.935. The number of rotatable bonds is 2. The highest BCUT2D eigenvalue weighted by atomic mass is 19.1. The fraction of sp³-hybridized carbons (Fsp3) is 0.286. The molecule has 0 amide bonds. The summed E-state index contributed by atoms with van der Waals surface area (Å²) in [4.78, 5) is 3.54. The molecule has 12 heavy (non-hydrogen) atoms. The van der Waals surface area contributed by atoms with Gasteiger partial charge in [0.1, 0.15) is 0 Å². The van der Waals surface area contributed by atoms with Crippen LogP contribution in [0.5, 0.6) is 0 Å². The summed E-state index contributed by atoms with van der Waals surface area (Å²) in [7, 11) is 0.0577. The standard InChI is InChI=1S/C7H9BFNO2/c1-5-3-4-6(7(9)10-5)8(11)12-2/h3-4,11H,1-2H3. The lowest BCUT2D eigenvalue weighted by Gasteiger charge is -2.04. The number of halogens is 1. The van der Waals surface area contributed by atoms with E-state index < -0.39 is 13.1 Å². The van der Waals surface area contributed by atoms with E-state index >= 15 is 0 Å². The van der Waals surface area contributed by atoms with Crippen LogP contribution in [-0.2, 0) is 4.65 Å². The number of aryl methyl sites for hydroxylation is 1. The molecule has 64 valence electrons. The van der Waals surface area contributed by atoms with Crippen molar-refractivity contribution in [3.63, 3.8) is 0 Å². The second kappa shape index (κ2) is 3.64. The summed E-state index contributed by atoms with van der Waals surface area (Å²) in [5.41, 5.74) is 0.627. The molecule has 0 spiro atoms. The van der Waals surface area contributed by atoms with Crippen molar-refractivity contribution in [3.8, 4) is 0 Å². The zero-order chi connectivity index (χ0) is 9.14. The minimum Gasteiger partial charge on any atom is -0.423 e. The van der Waals surface area contributed by atoms with Gasteiger partial charge in [0.15, 0.2) is 0 Å². The number of pyridine rings is 1. The first-order valence-electron chi connectivity index (χ1n) is 3.49. The molecule has 0 unspecified atom stereocenters. The van der Waals surface area contributed by atoms with E-state index in [0.717, 1.165) is 0 Å². The van der Waals surface area contributed by atoms with Gasteiger partial charge in [0, 0.05) is 18.3 Å². The minimum atomic E-state index is -1.24. The number of hydrogen-bond acceptors (Lipinski definition) is 3. The predicted molar refractivity (Wildman–Crippen MR) is 43.5 cm³/mol. The Kier molecular flexibility index (Phi) is 2.78. The lowest BCUT2D eigenvalue weighted by molar-refractivity contribution is 0.339. The average Bonchev–Trinajstić information content (AvgIpc) is 2.03. The third kappa shape index (κ3) is 1.81. The largest absolute Gasteiger partial charge is 0.495 e. The van der Waals surface area contributed by atoms with E-state index in [9.17, 15) is 4.39 Å². The molecule has 0 aliphatic carbocycles. The van der Waals surface area contributed by atoms with Crippen LogP contribution >= 0.6 is 0 Å². The van der Waals surface area contributed by atoms with Crippen molar-refractivity contribution in [1.82, 2.24) is 4.98 Å². The summed E-state index contributed by atoms with van der Waals surface area (Å²) in [6.07, 6.45) is 0. The van der Waals surface area contributed by atoms with Crippen molar-refractivity contribution in [2.45, 2.75) is 6.92 Å². The van der Waals surface area contributed by atoms with Gasteiger partial charge in [0.25, 0.3) is 0 Å². The van der Waals surface area contributed by atoms with E-state index in [4.69, 9.17) is 5.02 Å². The lowest BCUT2D eigenvalue weighted by Crippen LogP contribution is -2.35. The molecule has 3 nitrogen and oxygen atoms in total. The van der Waals surface area contributed by atoms with Crippen LogP contribution in [0.2, 0.25) is 0 Å². The number of nitrogens with zero attached hydrogens (tertiary/aromatic N) is 1. The second-order valence-corrected chi connectivity index (χ2v) is 2.42. The summed E-state index contributed by atoms with van der Waals surface area (Å²) >= 11 is 0. The van der Waals surface area contributed by atoms with Gasteiger partial charge in [0.05, 0.1) is 0 Å². The average molecular weight is 169 g/mol. The van der Waals surface area contributed by atoms with Gasteiger partial charge in [-0.2, -0.15) is 4.39 Å². The normalized spacial score (nSPS) is 10.0. The molecule has 1 heterocycles. The van der Waals surface area contributed by atoms with Gasteiger partial charge in [-0.15, -0.1) is 0 Å². The molecule has 0 saturated carbocycles. The monoisotopic (exact) mass is 169 g/mol. The smallest absolute Gasteiger partial charge is 0.423 e. The van der Waals surface area contributed by atoms with Crippen LogP contribution in [0.1, 0.15) is 5.69 Å². The summed E-state index contributed by atoms with van der Waals surface area (Å²) in [5.74, 6) is -0.690. The maximum absolute atomic E-state index is 12.9. The van der Waals surface area contributed by atoms with Crippen molar-refractivity contribution in [3.05, 3.63) is 23.8 Å². The Morgan fingerprint density at radius 2 is 2.25 bits per heavy atom. The van der Waals surface area contributed by atoms with Gasteiger partial charge in [-0.05, 0) is 13.0 Å². The quantitative estimate of drug-likeness (QED) is 0.495. The summed E-state index contributed by atoms with van der Waals surface area (Å²) in [6.45, 7) is 1.67. The highest BCUT2D eigenvalue weighted by molar-refractivity contribution is 6.59. The van der Waals surface area contributed by atoms with Crippen molar-refractivity contribution in [1.29, 1.82) is 0 Å². The van der Waals surface area contributed by atoms with Crippen LogP contribution < -0.4 is 5.46 Å². The lowest BCUT2D eigenvalue weighted by atomic mass is 9.80. The molecule has 0 radical (unpaired) electrons. The molecule has 0 aromatic carbocycles. The van der Waals surface area contributed by atoms with Crippen LogP contribution in [0.15, 0.2) is 12.1 Å². The van der Waals surface area contributed by atoms with Gasteiger partial charge in [0.2, 0.25) is 5.95 Å². The fourth-order valence-corrected chi connectivity index (χ4v) is 0.847. The predicted octanol–water partition coefficient (Wildman–Crippen LogP) is -0.137. The van der Waals surface area contributed by atoms with Gasteiger partial charge in [-0.25, -0.2) is 4.98 Å².